The second kappa shape index (κ2) is 5.46. The van der Waals surface area contributed by atoms with Gasteiger partial charge in [-0.2, -0.15) is 0 Å². The standard InChI is InChI=1S/C13H15N3OS/c1-3-11(7-14-5-1)17-8-10-9-18-13(16-10)12-4-2-6-15-12/h1,3,5,7,9,12,15H,2,4,6,8H2/t12-/m0/s1. The van der Waals surface area contributed by atoms with Gasteiger partial charge >= 0.3 is 0 Å². The minimum atomic E-state index is 0.446. The third-order valence-electron chi connectivity index (χ3n) is 2.95. The molecule has 1 fully saturated rings. The maximum Gasteiger partial charge on any atom is 0.138 e. The number of pyridine rings is 1. The van der Waals surface area contributed by atoms with Crippen LogP contribution in [0.1, 0.15) is 29.6 Å². The van der Waals surface area contributed by atoms with E-state index in [1.807, 2.05) is 12.1 Å². The topological polar surface area (TPSA) is 47.0 Å². The summed E-state index contributed by atoms with van der Waals surface area (Å²) in [6.45, 7) is 1.61. The second-order valence-electron chi connectivity index (χ2n) is 4.30. The van der Waals surface area contributed by atoms with E-state index in [-0.39, 0.29) is 0 Å². The molecule has 0 amide bonds. The van der Waals surface area contributed by atoms with Gasteiger partial charge < -0.3 is 10.1 Å². The molecule has 1 atom stereocenters. The lowest BCUT2D eigenvalue weighted by molar-refractivity contribution is 0.300. The van der Waals surface area contributed by atoms with Crippen LogP contribution in [0.15, 0.2) is 29.9 Å². The van der Waals surface area contributed by atoms with Crippen molar-refractivity contribution >= 4 is 11.3 Å². The molecule has 0 radical (unpaired) electrons. The smallest absolute Gasteiger partial charge is 0.138 e. The van der Waals surface area contributed by atoms with Crippen LogP contribution in [0, 0.1) is 0 Å². The van der Waals surface area contributed by atoms with Gasteiger partial charge in [0.25, 0.3) is 0 Å². The van der Waals surface area contributed by atoms with Crippen molar-refractivity contribution in [1.82, 2.24) is 15.3 Å². The summed E-state index contributed by atoms with van der Waals surface area (Å²) in [5, 5.41) is 6.71. The molecule has 0 aromatic carbocycles. The summed E-state index contributed by atoms with van der Waals surface area (Å²) >= 11 is 1.71. The van der Waals surface area contributed by atoms with E-state index in [0.717, 1.165) is 18.0 Å². The van der Waals surface area contributed by atoms with Gasteiger partial charge in [-0.05, 0) is 31.5 Å². The van der Waals surface area contributed by atoms with Crippen molar-refractivity contribution in [2.24, 2.45) is 0 Å². The molecule has 18 heavy (non-hydrogen) atoms. The third-order valence-corrected chi connectivity index (χ3v) is 3.96. The van der Waals surface area contributed by atoms with Crippen LogP contribution in [0.5, 0.6) is 5.75 Å². The van der Waals surface area contributed by atoms with E-state index >= 15 is 0 Å². The summed E-state index contributed by atoms with van der Waals surface area (Å²) in [5.74, 6) is 0.783. The molecule has 1 aliphatic heterocycles. The predicted molar refractivity (Wildman–Crippen MR) is 70.7 cm³/mol. The van der Waals surface area contributed by atoms with Crippen LogP contribution in [0.2, 0.25) is 0 Å². The van der Waals surface area contributed by atoms with E-state index in [4.69, 9.17) is 4.74 Å². The molecule has 2 aromatic heterocycles. The van der Waals surface area contributed by atoms with Gasteiger partial charge in [0, 0.05) is 11.6 Å². The quantitative estimate of drug-likeness (QED) is 0.918. The monoisotopic (exact) mass is 261 g/mol. The van der Waals surface area contributed by atoms with Gasteiger partial charge in [0.1, 0.15) is 17.4 Å². The second-order valence-corrected chi connectivity index (χ2v) is 5.19. The van der Waals surface area contributed by atoms with E-state index < -0.39 is 0 Å². The molecule has 0 unspecified atom stereocenters. The van der Waals surface area contributed by atoms with Crippen molar-refractivity contribution in [2.45, 2.75) is 25.5 Å². The molecule has 0 aliphatic carbocycles. The molecule has 3 heterocycles. The highest BCUT2D eigenvalue weighted by Crippen LogP contribution is 2.26. The first-order valence-electron chi connectivity index (χ1n) is 6.12. The zero-order chi connectivity index (χ0) is 12.2. The van der Waals surface area contributed by atoms with E-state index in [1.54, 1.807) is 23.7 Å². The van der Waals surface area contributed by atoms with Crippen molar-refractivity contribution in [3.63, 3.8) is 0 Å². The van der Waals surface area contributed by atoms with Crippen LogP contribution >= 0.6 is 11.3 Å². The fourth-order valence-corrected chi connectivity index (χ4v) is 2.95. The van der Waals surface area contributed by atoms with Crippen molar-refractivity contribution in [3.8, 4) is 5.75 Å². The van der Waals surface area contributed by atoms with Gasteiger partial charge in [-0.15, -0.1) is 11.3 Å². The number of nitrogens with one attached hydrogen (secondary N) is 1. The summed E-state index contributed by atoms with van der Waals surface area (Å²) in [4.78, 5) is 8.63. The lowest BCUT2D eigenvalue weighted by Crippen LogP contribution is -2.12. The molecule has 3 rings (SSSR count). The first kappa shape index (κ1) is 11.6. The highest BCUT2D eigenvalue weighted by Gasteiger charge is 2.19. The average Bonchev–Trinajstić information content (AvgIpc) is 3.08. The molecule has 1 aliphatic rings. The Balaban J connectivity index is 1.60. The van der Waals surface area contributed by atoms with E-state index in [1.165, 1.54) is 17.8 Å². The van der Waals surface area contributed by atoms with Crippen LogP contribution in [0.25, 0.3) is 0 Å². The third kappa shape index (κ3) is 2.68. The van der Waals surface area contributed by atoms with Crippen LogP contribution < -0.4 is 10.1 Å². The Kier molecular flexibility index (Phi) is 3.52. The maximum atomic E-state index is 5.63. The van der Waals surface area contributed by atoms with Crippen LogP contribution in [-0.2, 0) is 6.61 Å². The number of rotatable bonds is 4. The number of aromatic nitrogens is 2. The molecular weight excluding hydrogens is 246 g/mol. The van der Waals surface area contributed by atoms with E-state index in [2.05, 4.69) is 20.7 Å². The molecule has 0 spiro atoms. The summed E-state index contributed by atoms with van der Waals surface area (Å²) in [7, 11) is 0. The van der Waals surface area contributed by atoms with Gasteiger partial charge in [0.15, 0.2) is 0 Å². The number of thiazole rings is 1. The largest absolute Gasteiger partial charge is 0.486 e. The van der Waals surface area contributed by atoms with E-state index in [9.17, 15) is 0 Å². The average molecular weight is 261 g/mol. The molecule has 0 saturated carbocycles. The van der Waals surface area contributed by atoms with Gasteiger partial charge in [-0.25, -0.2) is 4.98 Å². The zero-order valence-electron chi connectivity index (χ0n) is 10.0. The number of ether oxygens (including phenoxy) is 1. The number of nitrogens with zero attached hydrogens (tertiary/aromatic N) is 2. The lowest BCUT2D eigenvalue weighted by atomic mass is 10.2. The fourth-order valence-electron chi connectivity index (χ4n) is 2.03. The van der Waals surface area contributed by atoms with Gasteiger partial charge in [0.05, 0.1) is 17.9 Å². The molecule has 94 valence electrons. The maximum absolute atomic E-state index is 5.63. The van der Waals surface area contributed by atoms with Gasteiger partial charge in [-0.3, -0.25) is 4.98 Å². The van der Waals surface area contributed by atoms with Crippen LogP contribution in [0.4, 0.5) is 0 Å². The molecule has 1 N–H and O–H groups in total. The number of hydrogen-bond acceptors (Lipinski definition) is 5. The van der Waals surface area contributed by atoms with Crippen molar-refractivity contribution in [1.29, 1.82) is 0 Å². The Hall–Kier alpha value is -1.46. The molecular formula is C13H15N3OS. The fraction of sp³-hybridized carbons (Fsp3) is 0.385. The van der Waals surface area contributed by atoms with Crippen molar-refractivity contribution in [3.05, 3.63) is 40.6 Å². The first-order valence-corrected chi connectivity index (χ1v) is 7.00. The van der Waals surface area contributed by atoms with E-state index in [0.29, 0.717) is 12.6 Å². The Bertz CT molecular complexity index is 494. The molecule has 1 saturated heterocycles. The van der Waals surface area contributed by atoms with Gasteiger partial charge in [0.2, 0.25) is 0 Å². The SMILES string of the molecule is c1cncc(OCc2csc([C@@H]3CCCN3)n2)c1. The van der Waals surface area contributed by atoms with Crippen LogP contribution in [0.3, 0.4) is 0 Å². The molecule has 2 aromatic rings. The van der Waals surface area contributed by atoms with Crippen molar-refractivity contribution < 1.29 is 4.74 Å². The van der Waals surface area contributed by atoms with Gasteiger partial charge in [-0.1, -0.05) is 0 Å². The first-order chi connectivity index (χ1) is 8.92. The zero-order valence-corrected chi connectivity index (χ0v) is 10.8. The summed E-state index contributed by atoms with van der Waals surface area (Å²) in [6.07, 6.45) is 5.88. The van der Waals surface area contributed by atoms with Crippen LogP contribution in [-0.4, -0.2) is 16.5 Å². The predicted octanol–water partition coefficient (Wildman–Crippen LogP) is 2.54. The van der Waals surface area contributed by atoms with Crippen molar-refractivity contribution in [2.75, 3.05) is 6.54 Å². The Morgan fingerprint density at radius 1 is 1.50 bits per heavy atom. The highest BCUT2D eigenvalue weighted by atomic mass is 32.1. The minimum Gasteiger partial charge on any atom is -0.486 e. The summed E-state index contributed by atoms with van der Waals surface area (Å²) < 4.78 is 5.63. The highest BCUT2D eigenvalue weighted by molar-refractivity contribution is 7.09. The normalized spacial score (nSPS) is 19.0. The molecule has 4 nitrogen and oxygen atoms in total. The Morgan fingerprint density at radius 3 is 3.28 bits per heavy atom. The molecule has 5 heteroatoms. The Morgan fingerprint density at radius 2 is 2.50 bits per heavy atom. The summed E-state index contributed by atoms with van der Waals surface area (Å²) in [5.41, 5.74) is 0.993. The summed E-state index contributed by atoms with van der Waals surface area (Å²) in [6, 6.07) is 4.21. The Labute approximate surface area is 110 Å². The minimum absolute atomic E-state index is 0.446. The number of hydrogen-bond donors (Lipinski definition) is 1. The lowest BCUT2D eigenvalue weighted by Gasteiger charge is -2.05. The molecule has 0 bridgehead atoms.